The number of guanidine groups is 1. The first-order valence-corrected chi connectivity index (χ1v) is 7.44. The van der Waals surface area contributed by atoms with Crippen LogP contribution in [0.3, 0.4) is 0 Å². The third-order valence-corrected chi connectivity index (χ3v) is 3.37. The Labute approximate surface area is 160 Å². The predicted octanol–water partition coefficient (Wildman–Crippen LogP) is 2.61. The van der Waals surface area contributed by atoms with Crippen molar-refractivity contribution in [3.63, 3.8) is 0 Å². The Bertz CT molecular complexity index is 669. The average Bonchev–Trinajstić information content (AvgIpc) is 2.56. The number of rotatable bonds is 5. The van der Waals surface area contributed by atoms with Gasteiger partial charge in [0.1, 0.15) is 0 Å². The van der Waals surface area contributed by atoms with Crippen molar-refractivity contribution in [3.05, 3.63) is 71.3 Å². The minimum absolute atomic E-state index is 0. The van der Waals surface area contributed by atoms with Crippen molar-refractivity contribution >= 4 is 35.8 Å². The maximum atomic E-state index is 11.1. The van der Waals surface area contributed by atoms with Crippen LogP contribution in [0.1, 0.15) is 21.5 Å². The minimum atomic E-state index is -0.414. The molecule has 0 saturated carbocycles. The summed E-state index contributed by atoms with van der Waals surface area (Å²) < 4.78 is 0. The average molecular weight is 438 g/mol. The number of primary amides is 1. The second-order valence-electron chi connectivity index (χ2n) is 5.43. The van der Waals surface area contributed by atoms with E-state index < -0.39 is 5.91 Å². The van der Waals surface area contributed by atoms with Gasteiger partial charge in [0.25, 0.3) is 0 Å². The molecule has 0 atom stereocenters. The maximum Gasteiger partial charge on any atom is 0.248 e. The van der Waals surface area contributed by atoms with Crippen molar-refractivity contribution in [3.8, 4) is 0 Å². The molecule has 0 aliphatic carbocycles. The number of aliphatic imine (C=N–C) groups is 1. The predicted molar refractivity (Wildman–Crippen MR) is 108 cm³/mol. The summed E-state index contributed by atoms with van der Waals surface area (Å²) in [4.78, 5) is 17.6. The molecule has 0 bridgehead atoms. The second-order valence-corrected chi connectivity index (χ2v) is 5.43. The molecule has 0 radical (unpaired) electrons. The van der Waals surface area contributed by atoms with E-state index in [-0.39, 0.29) is 24.0 Å². The molecule has 2 rings (SSSR count). The fraction of sp³-hybridized carbons (Fsp3) is 0.222. The van der Waals surface area contributed by atoms with Gasteiger partial charge in [0, 0.05) is 26.2 Å². The lowest BCUT2D eigenvalue weighted by Gasteiger charge is -2.18. The van der Waals surface area contributed by atoms with Crippen LogP contribution in [0, 0.1) is 0 Å². The summed E-state index contributed by atoms with van der Waals surface area (Å²) >= 11 is 0. The number of carbonyl (C=O) groups is 1. The highest BCUT2D eigenvalue weighted by atomic mass is 127. The number of carbonyl (C=O) groups excluding carboxylic acids is 1. The van der Waals surface area contributed by atoms with E-state index >= 15 is 0 Å². The quantitative estimate of drug-likeness (QED) is 0.429. The Hall–Kier alpha value is -2.09. The minimum Gasteiger partial charge on any atom is -0.366 e. The highest BCUT2D eigenvalue weighted by Crippen LogP contribution is 2.04. The van der Waals surface area contributed by atoms with E-state index in [1.165, 1.54) is 5.56 Å². The van der Waals surface area contributed by atoms with E-state index in [0.717, 1.165) is 11.5 Å². The summed E-state index contributed by atoms with van der Waals surface area (Å²) in [6.45, 7) is 1.26. The van der Waals surface area contributed by atoms with Crippen molar-refractivity contribution < 1.29 is 4.79 Å². The van der Waals surface area contributed by atoms with Gasteiger partial charge < -0.3 is 16.0 Å². The van der Waals surface area contributed by atoms with Gasteiger partial charge in [-0.3, -0.25) is 4.79 Å². The molecule has 0 aromatic heterocycles. The van der Waals surface area contributed by atoms with Crippen LogP contribution >= 0.6 is 24.0 Å². The van der Waals surface area contributed by atoms with Gasteiger partial charge in [-0.2, -0.15) is 0 Å². The first kappa shape index (κ1) is 20.0. The van der Waals surface area contributed by atoms with E-state index in [1.54, 1.807) is 12.1 Å². The number of nitrogens with two attached hydrogens (primary N) is 1. The Kier molecular flexibility index (Phi) is 8.25. The largest absolute Gasteiger partial charge is 0.366 e. The molecule has 0 saturated heterocycles. The number of nitrogens with one attached hydrogen (secondary N) is 1. The van der Waals surface area contributed by atoms with E-state index in [4.69, 9.17) is 5.73 Å². The Morgan fingerprint density at radius 2 is 1.67 bits per heavy atom. The number of hydrogen-bond donors (Lipinski definition) is 2. The van der Waals surface area contributed by atoms with Crippen LogP contribution in [0.25, 0.3) is 0 Å². The number of halogens is 1. The number of hydrogen-bond acceptors (Lipinski definition) is 2. The molecular weight excluding hydrogens is 415 g/mol. The smallest absolute Gasteiger partial charge is 0.248 e. The van der Waals surface area contributed by atoms with Crippen LogP contribution in [0.15, 0.2) is 59.6 Å². The Morgan fingerprint density at radius 1 is 1.04 bits per heavy atom. The number of nitrogens with zero attached hydrogens (tertiary/aromatic N) is 2. The molecule has 2 aromatic carbocycles. The Balaban J connectivity index is 0.00000288. The lowest BCUT2D eigenvalue weighted by Crippen LogP contribution is -2.36. The van der Waals surface area contributed by atoms with Crippen LogP contribution in [0.2, 0.25) is 0 Å². The molecule has 0 aliphatic rings. The van der Waals surface area contributed by atoms with Crippen molar-refractivity contribution in [2.75, 3.05) is 14.1 Å². The molecule has 0 spiro atoms. The molecule has 0 heterocycles. The van der Waals surface area contributed by atoms with Crippen molar-refractivity contribution in [2.45, 2.75) is 13.1 Å². The molecular formula is C18H23IN4O. The van der Waals surface area contributed by atoms with E-state index in [1.807, 2.05) is 49.3 Å². The normalized spacial score (nSPS) is 10.7. The summed E-state index contributed by atoms with van der Waals surface area (Å²) in [5, 5.41) is 3.31. The van der Waals surface area contributed by atoms with Gasteiger partial charge in [0.05, 0.1) is 6.54 Å². The molecule has 6 heteroatoms. The van der Waals surface area contributed by atoms with Gasteiger partial charge in [-0.05, 0) is 23.3 Å². The first-order chi connectivity index (χ1) is 11.1. The topological polar surface area (TPSA) is 70.7 Å². The molecule has 5 nitrogen and oxygen atoms in total. The van der Waals surface area contributed by atoms with Crippen molar-refractivity contribution in [2.24, 2.45) is 10.7 Å². The van der Waals surface area contributed by atoms with Crippen LogP contribution < -0.4 is 11.1 Å². The zero-order chi connectivity index (χ0) is 16.7. The monoisotopic (exact) mass is 438 g/mol. The molecule has 0 unspecified atom stereocenters. The highest BCUT2D eigenvalue weighted by molar-refractivity contribution is 14.0. The maximum absolute atomic E-state index is 11.1. The number of benzene rings is 2. The SMILES string of the molecule is CN(C)C(=NCc1ccccc1)NCc1ccc(C(N)=O)cc1.I. The highest BCUT2D eigenvalue weighted by Gasteiger charge is 2.03. The Morgan fingerprint density at radius 3 is 2.21 bits per heavy atom. The summed E-state index contributed by atoms with van der Waals surface area (Å²) in [5.74, 6) is 0.399. The van der Waals surface area contributed by atoms with Gasteiger partial charge >= 0.3 is 0 Å². The molecule has 1 amide bonds. The molecule has 3 N–H and O–H groups in total. The molecule has 0 fully saturated rings. The van der Waals surface area contributed by atoms with E-state index in [0.29, 0.717) is 18.7 Å². The van der Waals surface area contributed by atoms with Gasteiger partial charge in [0.2, 0.25) is 5.91 Å². The summed E-state index contributed by atoms with van der Waals surface area (Å²) in [6, 6.07) is 17.4. The van der Waals surface area contributed by atoms with E-state index in [9.17, 15) is 4.79 Å². The lowest BCUT2D eigenvalue weighted by molar-refractivity contribution is 0.100. The van der Waals surface area contributed by atoms with Crippen molar-refractivity contribution in [1.82, 2.24) is 10.2 Å². The summed E-state index contributed by atoms with van der Waals surface area (Å²) in [6.07, 6.45) is 0. The van der Waals surface area contributed by atoms with E-state index in [2.05, 4.69) is 22.4 Å². The van der Waals surface area contributed by atoms with Crippen molar-refractivity contribution in [1.29, 1.82) is 0 Å². The molecule has 24 heavy (non-hydrogen) atoms. The summed E-state index contributed by atoms with van der Waals surface area (Å²) in [7, 11) is 3.90. The second kappa shape index (κ2) is 9.92. The summed E-state index contributed by atoms with van der Waals surface area (Å²) in [5.41, 5.74) is 7.98. The third-order valence-electron chi connectivity index (χ3n) is 3.37. The lowest BCUT2D eigenvalue weighted by atomic mass is 10.1. The number of amides is 1. The zero-order valence-corrected chi connectivity index (χ0v) is 16.2. The fourth-order valence-electron chi connectivity index (χ4n) is 2.07. The molecule has 128 valence electrons. The van der Waals surface area contributed by atoms with Crippen LogP contribution in [0.4, 0.5) is 0 Å². The molecule has 0 aliphatic heterocycles. The van der Waals surface area contributed by atoms with Gasteiger partial charge in [0.15, 0.2) is 5.96 Å². The standard InChI is InChI=1S/C18H22N4O.HI/c1-22(2)18(20-12-14-6-4-3-5-7-14)21-13-15-8-10-16(11-9-15)17(19)23;/h3-11H,12-13H2,1-2H3,(H2,19,23)(H,20,21);1H. The first-order valence-electron chi connectivity index (χ1n) is 7.44. The van der Waals surface area contributed by atoms with Crippen LogP contribution in [0.5, 0.6) is 0 Å². The van der Waals surface area contributed by atoms with Gasteiger partial charge in [-0.1, -0.05) is 42.5 Å². The van der Waals surface area contributed by atoms with Crippen LogP contribution in [-0.2, 0) is 13.1 Å². The molecule has 2 aromatic rings. The van der Waals surface area contributed by atoms with Gasteiger partial charge in [-0.25, -0.2) is 4.99 Å². The van der Waals surface area contributed by atoms with Crippen LogP contribution in [-0.4, -0.2) is 30.9 Å². The zero-order valence-electron chi connectivity index (χ0n) is 13.9. The van der Waals surface area contributed by atoms with Gasteiger partial charge in [-0.15, -0.1) is 24.0 Å². The third kappa shape index (κ3) is 6.19. The fourth-order valence-corrected chi connectivity index (χ4v) is 2.07.